The van der Waals surface area contributed by atoms with E-state index < -0.39 is 29.4 Å². The standard InChI is InChI=1S/C17H21N3O6/c1-11(16(22)19-13-6-2-3-7-13)26-15(21)10-18-17(23)12-5-4-8-14(9-12)20(24)25/h4-5,8-9,11,13H,2-3,6-7,10H2,1H3,(H,18,23)(H,19,22)/t11-/m1/s1. The van der Waals surface area contributed by atoms with Crippen LogP contribution in [0.2, 0.25) is 0 Å². The highest BCUT2D eigenvalue weighted by atomic mass is 16.6. The number of benzene rings is 1. The van der Waals surface area contributed by atoms with E-state index in [9.17, 15) is 24.5 Å². The Labute approximate surface area is 150 Å². The van der Waals surface area contributed by atoms with Gasteiger partial charge in [0, 0.05) is 23.7 Å². The van der Waals surface area contributed by atoms with Crippen LogP contribution in [0.3, 0.4) is 0 Å². The van der Waals surface area contributed by atoms with E-state index in [0.29, 0.717) is 0 Å². The number of hydrogen-bond acceptors (Lipinski definition) is 6. The number of hydrogen-bond donors (Lipinski definition) is 2. The van der Waals surface area contributed by atoms with Crippen molar-refractivity contribution in [3.63, 3.8) is 0 Å². The molecule has 1 aliphatic rings. The second-order valence-electron chi connectivity index (χ2n) is 6.11. The molecule has 1 atom stereocenters. The Balaban J connectivity index is 1.78. The summed E-state index contributed by atoms with van der Waals surface area (Å²) < 4.78 is 5.00. The third-order valence-corrected chi connectivity index (χ3v) is 4.09. The van der Waals surface area contributed by atoms with Gasteiger partial charge in [-0.2, -0.15) is 0 Å². The lowest BCUT2D eigenvalue weighted by Crippen LogP contribution is -2.42. The number of rotatable bonds is 7. The number of non-ortho nitro benzene ring substituents is 1. The van der Waals surface area contributed by atoms with Crippen molar-refractivity contribution in [2.24, 2.45) is 0 Å². The molecule has 9 heteroatoms. The Kier molecular flexibility index (Phi) is 6.65. The molecule has 26 heavy (non-hydrogen) atoms. The molecule has 1 aromatic carbocycles. The van der Waals surface area contributed by atoms with Crippen LogP contribution in [0.15, 0.2) is 24.3 Å². The van der Waals surface area contributed by atoms with Crippen molar-refractivity contribution in [2.45, 2.75) is 44.8 Å². The van der Waals surface area contributed by atoms with Crippen molar-refractivity contribution in [1.82, 2.24) is 10.6 Å². The molecule has 0 saturated heterocycles. The number of ether oxygens (including phenoxy) is 1. The SMILES string of the molecule is C[C@@H](OC(=O)CNC(=O)c1cccc([N+](=O)[O-])c1)C(=O)NC1CCCC1. The van der Waals surface area contributed by atoms with Gasteiger partial charge in [0.25, 0.3) is 17.5 Å². The lowest BCUT2D eigenvalue weighted by molar-refractivity contribution is -0.384. The van der Waals surface area contributed by atoms with Crippen molar-refractivity contribution < 1.29 is 24.0 Å². The molecule has 0 unspecified atom stereocenters. The molecule has 2 N–H and O–H groups in total. The van der Waals surface area contributed by atoms with Gasteiger partial charge in [-0.25, -0.2) is 0 Å². The Hall–Kier alpha value is -2.97. The van der Waals surface area contributed by atoms with Gasteiger partial charge < -0.3 is 15.4 Å². The quantitative estimate of drug-likeness (QED) is 0.427. The molecule has 0 radical (unpaired) electrons. The normalized spacial score (nSPS) is 15.1. The predicted octanol–water partition coefficient (Wildman–Crippen LogP) is 1.32. The second kappa shape index (κ2) is 8.93. The maximum atomic E-state index is 12.0. The molecule has 2 rings (SSSR count). The first-order valence-corrected chi connectivity index (χ1v) is 8.39. The van der Waals surface area contributed by atoms with Crippen LogP contribution in [0, 0.1) is 10.1 Å². The van der Waals surface area contributed by atoms with Crippen molar-refractivity contribution in [2.75, 3.05) is 6.54 Å². The third-order valence-electron chi connectivity index (χ3n) is 4.09. The van der Waals surface area contributed by atoms with Gasteiger partial charge in [-0.3, -0.25) is 24.5 Å². The smallest absolute Gasteiger partial charge is 0.326 e. The van der Waals surface area contributed by atoms with E-state index in [2.05, 4.69) is 10.6 Å². The fourth-order valence-corrected chi connectivity index (χ4v) is 2.70. The summed E-state index contributed by atoms with van der Waals surface area (Å²) in [7, 11) is 0. The Morgan fingerprint density at radius 2 is 2.00 bits per heavy atom. The summed E-state index contributed by atoms with van der Waals surface area (Å²) in [6, 6.07) is 5.26. The van der Waals surface area contributed by atoms with Gasteiger partial charge in [-0.1, -0.05) is 18.9 Å². The summed E-state index contributed by atoms with van der Waals surface area (Å²) in [5, 5.41) is 15.9. The minimum absolute atomic E-state index is 0.0547. The van der Waals surface area contributed by atoms with Gasteiger partial charge in [0.2, 0.25) is 0 Å². The first kappa shape index (κ1) is 19.4. The van der Waals surface area contributed by atoms with Crippen LogP contribution < -0.4 is 10.6 Å². The maximum absolute atomic E-state index is 12.0. The fourth-order valence-electron chi connectivity index (χ4n) is 2.70. The average molecular weight is 363 g/mol. The number of nitrogens with one attached hydrogen (secondary N) is 2. The zero-order chi connectivity index (χ0) is 19.1. The summed E-state index contributed by atoms with van der Waals surface area (Å²) in [4.78, 5) is 45.8. The Morgan fingerprint density at radius 1 is 1.31 bits per heavy atom. The summed E-state index contributed by atoms with van der Waals surface area (Å²) in [6.45, 7) is 1.02. The molecule has 2 amide bonds. The molecule has 1 saturated carbocycles. The number of nitro groups is 1. The Morgan fingerprint density at radius 3 is 2.65 bits per heavy atom. The minimum atomic E-state index is -0.960. The van der Waals surface area contributed by atoms with E-state index in [4.69, 9.17) is 4.74 Å². The van der Waals surface area contributed by atoms with E-state index >= 15 is 0 Å². The van der Waals surface area contributed by atoms with E-state index in [1.54, 1.807) is 0 Å². The van der Waals surface area contributed by atoms with Gasteiger partial charge in [-0.15, -0.1) is 0 Å². The van der Waals surface area contributed by atoms with Crippen LogP contribution in [0.1, 0.15) is 43.0 Å². The molecule has 0 spiro atoms. The highest BCUT2D eigenvalue weighted by Gasteiger charge is 2.23. The van der Waals surface area contributed by atoms with Crippen LogP contribution in [-0.2, 0) is 14.3 Å². The number of nitrogens with zero attached hydrogens (tertiary/aromatic N) is 1. The van der Waals surface area contributed by atoms with Gasteiger partial charge in [-0.05, 0) is 25.8 Å². The number of amides is 2. The first-order chi connectivity index (χ1) is 12.4. The molecule has 0 aliphatic heterocycles. The van der Waals surface area contributed by atoms with Crippen LogP contribution in [0.25, 0.3) is 0 Å². The lowest BCUT2D eigenvalue weighted by Gasteiger charge is -2.17. The van der Waals surface area contributed by atoms with E-state index in [-0.39, 0.29) is 23.2 Å². The zero-order valence-electron chi connectivity index (χ0n) is 14.4. The van der Waals surface area contributed by atoms with Gasteiger partial charge in [0.15, 0.2) is 6.10 Å². The fraction of sp³-hybridized carbons (Fsp3) is 0.471. The van der Waals surface area contributed by atoms with Crippen LogP contribution in [0.5, 0.6) is 0 Å². The first-order valence-electron chi connectivity index (χ1n) is 8.39. The molecule has 0 heterocycles. The van der Waals surface area contributed by atoms with Crippen LogP contribution in [-0.4, -0.2) is 41.4 Å². The minimum Gasteiger partial charge on any atom is -0.451 e. The molecule has 0 aromatic heterocycles. The molecule has 0 bridgehead atoms. The number of esters is 1. The molecular weight excluding hydrogens is 342 g/mol. The van der Waals surface area contributed by atoms with E-state index in [0.717, 1.165) is 31.7 Å². The highest BCUT2D eigenvalue weighted by Crippen LogP contribution is 2.17. The number of carbonyl (C=O) groups excluding carboxylic acids is 3. The number of nitro benzene ring substituents is 1. The topological polar surface area (TPSA) is 128 Å². The van der Waals surface area contributed by atoms with E-state index in [1.165, 1.54) is 25.1 Å². The summed E-state index contributed by atoms with van der Waals surface area (Å²) in [5.74, 6) is -1.78. The second-order valence-corrected chi connectivity index (χ2v) is 6.11. The number of carbonyl (C=O) groups is 3. The van der Waals surface area contributed by atoms with Crippen LogP contribution >= 0.6 is 0 Å². The van der Waals surface area contributed by atoms with Crippen LogP contribution in [0.4, 0.5) is 5.69 Å². The zero-order valence-corrected chi connectivity index (χ0v) is 14.4. The monoisotopic (exact) mass is 363 g/mol. The summed E-state index contributed by atoms with van der Waals surface area (Å²) in [6.07, 6.45) is 3.03. The highest BCUT2D eigenvalue weighted by molar-refractivity contribution is 5.96. The predicted molar refractivity (Wildman–Crippen MR) is 91.4 cm³/mol. The molecule has 9 nitrogen and oxygen atoms in total. The molecule has 1 fully saturated rings. The van der Waals surface area contributed by atoms with Crippen molar-refractivity contribution in [3.8, 4) is 0 Å². The van der Waals surface area contributed by atoms with Gasteiger partial charge in [0.1, 0.15) is 6.54 Å². The van der Waals surface area contributed by atoms with Crippen molar-refractivity contribution in [3.05, 3.63) is 39.9 Å². The average Bonchev–Trinajstić information content (AvgIpc) is 3.12. The molecule has 140 valence electrons. The van der Waals surface area contributed by atoms with E-state index in [1.807, 2.05) is 0 Å². The lowest BCUT2D eigenvalue weighted by atomic mass is 10.2. The summed E-state index contributed by atoms with van der Waals surface area (Å²) >= 11 is 0. The van der Waals surface area contributed by atoms with Gasteiger partial charge >= 0.3 is 5.97 Å². The van der Waals surface area contributed by atoms with Gasteiger partial charge in [0.05, 0.1) is 4.92 Å². The third kappa shape index (κ3) is 5.54. The van der Waals surface area contributed by atoms with Crippen molar-refractivity contribution in [1.29, 1.82) is 0 Å². The molecular formula is C17H21N3O6. The molecule has 1 aliphatic carbocycles. The Bertz CT molecular complexity index is 699. The molecule has 1 aromatic rings. The van der Waals surface area contributed by atoms with Crippen molar-refractivity contribution >= 4 is 23.5 Å². The maximum Gasteiger partial charge on any atom is 0.326 e. The summed E-state index contributed by atoms with van der Waals surface area (Å²) in [5.41, 5.74) is -0.170. The largest absolute Gasteiger partial charge is 0.451 e.